The minimum absolute atomic E-state index is 0.221. The Morgan fingerprint density at radius 3 is 3.09 bits per heavy atom. The van der Waals surface area contributed by atoms with E-state index in [-0.39, 0.29) is 5.82 Å². The van der Waals surface area contributed by atoms with E-state index in [9.17, 15) is 4.39 Å². The lowest BCUT2D eigenvalue weighted by Gasteiger charge is -2.36. The van der Waals surface area contributed by atoms with E-state index < -0.39 is 0 Å². The van der Waals surface area contributed by atoms with Crippen LogP contribution in [0, 0.1) is 5.82 Å². The molecule has 1 saturated heterocycles. The molecule has 1 aromatic carbocycles. The molecule has 0 amide bonds. The number of fused-ring (bicyclic) bond motifs is 1. The van der Waals surface area contributed by atoms with E-state index in [4.69, 9.17) is 0 Å². The van der Waals surface area contributed by atoms with Gasteiger partial charge in [0, 0.05) is 37.7 Å². The molecule has 2 aromatic rings. The van der Waals surface area contributed by atoms with Gasteiger partial charge in [-0.15, -0.1) is 0 Å². The number of nitrogens with zero attached hydrogens (tertiary/aromatic N) is 2. The molecule has 0 radical (unpaired) electrons. The van der Waals surface area contributed by atoms with E-state index in [0.717, 1.165) is 49.7 Å². The van der Waals surface area contributed by atoms with Gasteiger partial charge in [-0.05, 0) is 31.5 Å². The van der Waals surface area contributed by atoms with Gasteiger partial charge in [0.2, 0.25) is 0 Å². The van der Waals surface area contributed by atoms with Crippen LogP contribution in [0.25, 0.3) is 11.4 Å². The van der Waals surface area contributed by atoms with Gasteiger partial charge in [-0.3, -0.25) is 4.90 Å². The fourth-order valence-electron chi connectivity index (χ4n) is 3.54. The minimum atomic E-state index is -0.221. The zero-order chi connectivity index (χ0) is 14.9. The number of aromatic amines is 1. The fraction of sp³-hybridized carbons (Fsp3) is 0.471. The Balaban J connectivity index is 1.55. The zero-order valence-corrected chi connectivity index (χ0v) is 12.6. The lowest BCUT2D eigenvalue weighted by molar-refractivity contribution is 0.148. The van der Waals surface area contributed by atoms with Gasteiger partial charge in [0.15, 0.2) is 0 Å². The molecule has 1 fully saturated rings. The molecule has 1 aromatic heterocycles. The van der Waals surface area contributed by atoms with E-state index in [0.29, 0.717) is 6.04 Å². The smallest absolute Gasteiger partial charge is 0.137 e. The van der Waals surface area contributed by atoms with Crippen LogP contribution in [0.15, 0.2) is 24.3 Å². The van der Waals surface area contributed by atoms with Gasteiger partial charge < -0.3 is 10.3 Å². The highest BCUT2D eigenvalue weighted by Crippen LogP contribution is 2.25. The van der Waals surface area contributed by atoms with Crippen LogP contribution in [0.3, 0.4) is 0 Å². The minimum Gasteiger partial charge on any atom is -0.341 e. The monoisotopic (exact) mass is 300 g/mol. The number of nitrogens with one attached hydrogen (secondary N) is 2. The van der Waals surface area contributed by atoms with E-state index in [1.807, 2.05) is 6.07 Å². The van der Waals surface area contributed by atoms with Crippen molar-refractivity contribution in [2.75, 3.05) is 19.6 Å². The van der Waals surface area contributed by atoms with Crippen LogP contribution < -0.4 is 5.32 Å². The highest BCUT2D eigenvalue weighted by molar-refractivity contribution is 5.56. The number of hydrogen-bond acceptors (Lipinski definition) is 3. The Labute approximate surface area is 129 Å². The van der Waals surface area contributed by atoms with E-state index in [1.165, 1.54) is 30.7 Å². The molecule has 0 aliphatic carbocycles. The highest BCUT2D eigenvalue weighted by Gasteiger charge is 2.27. The van der Waals surface area contributed by atoms with E-state index in [1.54, 1.807) is 6.07 Å². The molecule has 0 bridgehead atoms. The van der Waals surface area contributed by atoms with E-state index in [2.05, 4.69) is 20.2 Å². The molecule has 3 heterocycles. The van der Waals surface area contributed by atoms with Crippen molar-refractivity contribution in [3.05, 3.63) is 41.5 Å². The summed E-state index contributed by atoms with van der Waals surface area (Å²) in [6.07, 6.45) is 3.50. The Bertz CT molecular complexity index is 660. The molecule has 2 N–H and O–H groups in total. The molecular formula is C17H21FN4. The molecule has 4 nitrogen and oxygen atoms in total. The number of H-pyrrole nitrogens is 1. The Hall–Kier alpha value is -1.72. The third-order valence-corrected chi connectivity index (χ3v) is 4.75. The second-order valence-electron chi connectivity index (χ2n) is 6.24. The highest BCUT2D eigenvalue weighted by atomic mass is 19.1. The van der Waals surface area contributed by atoms with Gasteiger partial charge in [-0.2, -0.15) is 0 Å². The number of benzene rings is 1. The van der Waals surface area contributed by atoms with Crippen molar-refractivity contribution in [1.82, 2.24) is 20.2 Å². The van der Waals surface area contributed by atoms with Crippen LogP contribution in [0.5, 0.6) is 0 Å². The number of aromatic nitrogens is 2. The lowest BCUT2D eigenvalue weighted by Crippen LogP contribution is -2.47. The summed E-state index contributed by atoms with van der Waals surface area (Å²) < 4.78 is 13.4. The van der Waals surface area contributed by atoms with Crippen LogP contribution >= 0.6 is 0 Å². The van der Waals surface area contributed by atoms with Crippen molar-refractivity contribution >= 4 is 0 Å². The summed E-state index contributed by atoms with van der Waals surface area (Å²) in [7, 11) is 0. The molecule has 22 heavy (non-hydrogen) atoms. The summed E-state index contributed by atoms with van der Waals surface area (Å²) in [5, 5.41) is 3.48. The molecule has 5 heteroatoms. The lowest BCUT2D eigenvalue weighted by atomic mass is 10.0. The first-order chi connectivity index (χ1) is 10.8. The Morgan fingerprint density at radius 1 is 1.32 bits per heavy atom. The maximum Gasteiger partial charge on any atom is 0.137 e. The Kier molecular flexibility index (Phi) is 3.68. The predicted octanol–water partition coefficient (Wildman–Crippen LogP) is 2.33. The molecule has 0 saturated carbocycles. The van der Waals surface area contributed by atoms with Crippen LogP contribution in [0.2, 0.25) is 0 Å². The summed E-state index contributed by atoms with van der Waals surface area (Å²) in [5.74, 6) is 0.565. The summed E-state index contributed by atoms with van der Waals surface area (Å²) in [6.45, 7) is 4.21. The normalized spacial score (nSPS) is 22.5. The molecule has 0 unspecified atom stereocenters. The van der Waals surface area contributed by atoms with Crippen molar-refractivity contribution in [2.45, 2.75) is 31.8 Å². The maximum atomic E-state index is 13.4. The van der Waals surface area contributed by atoms with Crippen molar-refractivity contribution < 1.29 is 4.39 Å². The third kappa shape index (κ3) is 2.66. The van der Waals surface area contributed by atoms with Gasteiger partial charge in [-0.25, -0.2) is 9.37 Å². The predicted molar refractivity (Wildman–Crippen MR) is 84.0 cm³/mol. The SMILES string of the molecule is Fc1cccc(-c2nc3c([nH]2)CN([C@H]2CCCNC2)CC3)c1. The molecule has 4 rings (SSSR count). The number of rotatable bonds is 2. The zero-order valence-electron chi connectivity index (χ0n) is 12.6. The van der Waals surface area contributed by atoms with Crippen LogP contribution in [0.1, 0.15) is 24.2 Å². The average Bonchev–Trinajstić information content (AvgIpc) is 2.99. The summed E-state index contributed by atoms with van der Waals surface area (Å²) in [6, 6.07) is 7.25. The number of hydrogen-bond donors (Lipinski definition) is 2. The standard InChI is InChI=1S/C17H21FN4/c18-13-4-1-3-12(9-13)17-20-15-6-8-22(11-16(15)21-17)14-5-2-7-19-10-14/h1,3-4,9,14,19H,2,5-8,10-11H2,(H,20,21)/t14-/m0/s1. The summed E-state index contributed by atoms with van der Waals surface area (Å²) in [5.41, 5.74) is 3.15. The third-order valence-electron chi connectivity index (χ3n) is 4.75. The van der Waals surface area contributed by atoms with Gasteiger partial charge in [-0.1, -0.05) is 12.1 Å². The quantitative estimate of drug-likeness (QED) is 0.894. The first-order valence-corrected chi connectivity index (χ1v) is 8.08. The molecule has 1 atom stereocenters. The molecule has 116 valence electrons. The topological polar surface area (TPSA) is 44.0 Å². The number of imidazole rings is 1. The van der Waals surface area contributed by atoms with Gasteiger partial charge >= 0.3 is 0 Å². The van der Waals surface area contributed by atoms with Gasteiger partial charge in [0.25, 0.3) is 0 Å². The maximum absolute atomic E-state index is 13.4. The van der Waals surface area contributed by atoms with Crippen LogP contribution in [-0.2, 0) is 13.0 Å². The molecule has 0 spiro atoms. The van der Waals surface area contributed by atoms with Gasteiger partial charge in [0.1, 0.15) is 11.6 Å². The van der Waals surface area contributed by atoms with Crippen molar-refractivity contribution in [2.24, 2.45) is 0 Å². The van der Waals surface area contributed by atoms with Crippen LogP contribution in [-0.4, -0.2) is 40.5 Å². The number of halogens is 1. The second kappa shape index (κ2) is 5.82. The van der Waals surface area contributed by atoms with Crippen molar-refractivity contribution in [3.63, 3.8) is 0 Å². The number of piperidine rings is 1. The van der Waals surface area contributed by atoms with Crippen LogP contribution in [0.4, 0.5) is 4.39 Å². The largest absolute Gasteiger partial charge is 0.341 e. The average molecular weight is 300 g/mol. The van der Waals surface area contributed by atoms with Crippen molar-refractivity contribution in [3.8, 4) is 11.4 Å². The Morgan fingerprint density at radius 2 is 2.27 bits per heavy atom. The molecular weight excluding hydrogens is 279 g/mol. The second-order valence-corrected chi connectivity index (χ2v) is 6.24. The fourth-order valence-corrected chi connectivity index (χ4v) is 3.54. The first kappa shape index (κ1) is 13.9. The van der Waals surface area contributed by atoms with E-state index >= 15 is 0 Å². The molecule has 2 aliphatic rings. The van der Waals surface area contributed by atoms with Gasteiger partial charge in [0.05, 0.1) is 11.4 Å². The van der Waals surface area contributed by atoms with Crippen molar-refractivity contribution in [1.29, 1.82) is 0 Å². The first-order valence-electron chi connectivity index (χ1n) is 8.08. The summed E-state index contributed by atoms with van der Waals surface area (Å²) >= 11 is 0. The summed E-state index contributed by atoms with van der Waals surface area (Å²) in [4.78, 5) is 10.6. The molecule has 2 aliphatic heterocycles.